The van der Waals surface area contributed by atoms with Gasteiger partial charge in [0, 0.05) is 37.2 Å². The van der Waals surface area contributed by atoms with Crippen molar-refractivity contribution in [1.29, 1.82) is 0 Å². The van der Waals surface area contributed by atoms with E-state index in [4.69, 9.17) is 16.3 Å². The van der Waals surface area contributed by atoms with Gasteiger partial charge in [0.2, 0.25) is 5.91 Å². The molecule has 2 saturated heterocycles. The average Bonchev–Trinajstić information content (AvgIpc) is 3.10. The third-order valence-electron chi connectivity index (χ3n) is 4.87. The van der Waals surface area contributed by atoms with Crippen molar-refractivity contribution in [2.45, 2.75) is 31.8 Å². The lowest BCUT2D eigenvalue weighted by molar-refractivity contribution is -0.136. The summed E-state index contributed by atoms with van der Waals surface area (Å²) in [6.45, 7) is 4.79. The van der Waals surface area contributed by atoms with Crippen molar-refractivity contribution in [1.82, 2.24) is 15.1 Å². The molecule has 1 N–H and O–H groups in total. The summed E-state index contributed by atoms with van der Waals surface area (Å²) in [6, 6.07) is 4.85. The van der Waals surface area contributed by atoms with Crippen LogP contribution in [0, 0.1) is 0 Å². The van der Waals surface area contributed by atoms with Gasteiger partial charge in [-0.15, -0.1) is 12.4 Å². The molecule has 2 unspecified atom stereocenters. The number of rotatable bonds is 3. The molecule has 144 valence electrons. The van der Waals surface area contributed by atoms with Crippen LogP contribution < -0.4 is 10.1 Å². The predicted octanol–water partition coefficient (Wildman–Crippen LogP) is 2.20. The molecule has 1 aromatic rings. The summed E-state index contributed by atoms with van der Waals surface area (Å²) in [5.74, 6) is 0.321. The monoisotopic (exact) mass is 401 g/mol. The van der Waals surface area contributed by atoms with Crippen molar-refractivity contribution in [2.24, 2.45) is 0 Å². The fraction of sp³-hybridized carbons (Fsp3) is 0.556. The van der Waals surface area contributed by atoms with Crippen LogP contribution in [0.4, 0.5) is 0 Å². The van der Waals surface area contributed by atoms with Crippen LogP contribution in [0.15, 0.2) is 18.2 Å². The van der Waals surface area contributed by atoms with Gasteiger partial charge in [0.1, 0.15) is 11.8 Å². The molecule has 2 atom stereocenters. The lowest BCUT2D eigenvalue weighted by Gasteiger charge is -2.35. The molecular weight excluding hydrogens is 377 g/mol. The van der Waals surface area contributed by atoms with E-state index in [9.17, 15) is 9.59 Å². The highest BCUT2D eigenvalue weighted by molar-refractivity contribution is 6.31. The second-order valence-electron chi connectivity index (χ2n) is 6.64. The van der Waals surface area contributed by atoms with E-state index in [0.29, 0.717) is 42.4 Å². The Bertz CT molecular complexity index is 671. The van der Waals surface area contributed by atoms with Gasteiger partial charge in [-0.2, -0.15) is 0 Å². The van der Waals surface area contributed by atoms with E-state index >= 15 is 0 Å². The minimum Gasteiger partial charge on any atom is -0.496 e. The Labute approximate surface area is 165 Å². The molecule has 2 aliphatic heterocycles. The van der Waals surface area contributed by atoms with E-state index in [-0.39, 0.29) is 30.3 Å². The minimum absolute atomic E-state index is 0. The number of hydrogen-bond acceptors (Lipinski definition) is 4. The second-order valence-corrected chi connectivity index (χ2v) is 7.08. The average molecular weight is 402 g/mol. The van der Waals surface area contributed by atoms with Crippen LogP contribution in [0.5, 0.6) is 5.75 Å². The van der Waals surface area contributed by atoms with Gasteiger partial charge < -0.3 is 19.9 Å². The highest BCUT2D eigenvalue weighted by Crippen LogP contribution is 2.28. The summed E-state index contributed by atoms with van der Waals surface area (Å²) in [5.41, 5.74) is 0.406. The number of likely N-dealkylation sites (tertiary alicyclic amines) is 1. The molecule has 0 spiro atoms. The van der Waals surface area contributed by atoms with Crippen LogP contribution in [-0.4, -0.2) is 67.0 Å². The first kappa shape index (κ1) is 20.8. The molecule has 26 heavy (non-hydrogen) atoms. The van der Waals surface area contributed by atoms with Gasteiger partial charge in [0.25, 0.3) is 5.91 Å². The molecule has 2 heterocycles. The second kappa shape index (κ2) is 8.93. The van der Waals surface area contributed by atoms with E-state index in [1.807, 2.05) is 4.90 Å². The standard InChI is InChI=1S/C18H24ClN3O3.ClH/c1-12-11-21(9-7-20-12)18(24)15-4-3-8-22(15)17(23)14-10-13(19)5-6-16(14)25-2;/h5-6,10,12,15,20H,3-4,7-9,11H2,1-2H3;1H. The number of ether oxygens (including phenoxy) is 1. The van der Waals surface area contributed by atoms with Gasteiger partial charge >= 0.3 is 0 Å². The SMILES string of the molecule is COc1ccc(Cl)cc1C(=O)N1CCCC1C(=O)N1CCNC(C)C1.Cl. The Kier molecular flexibility index (Phi) is 7.15. The number of hydrogen-bond donors (Lipinski definition) is 1. The van der Waals surface area contributed by atoms with Gasteiger partial charge in [-0.1, -0.05) is 11.6 Å². The number of nitrogens with one attached hydrogen (secondary N) is 1. The predicted molar refractivity (Wildman–Crippen MR) is 103 cm³/mol. The number of halogens is 2. The number of benzene rings is 1. The van der Waals surface area contributed by atoms with Crippen LogP contribution in [0.3, 0.4) is 0 Å². The van der Waals surface area contributed by atoms with Crippen molar-refractivity contribution >= 4 is 35.8 Å². The minimum atomic E-state index is -0.401. The number of methoxy groups -OCH3 is 1. The van der Waals surface area contributed by atoms with Crippen molar-refractivity contribution in [3.63, 3.8) is 0 Å². The lowest BCUT2D eigenvalue weighted by atomic mass is 10.1. The summed E-state index contributed by atoms with van der Waals surface area (Å²) in [6.07, 6.45) is 1.53. The molecule has 0 aliphatic carbocycles. The van der Waals surface area contributed by atoms with E-state index in [0.717, 1.165) is 13.0 Å². The lowest BCUT2D eigenvalue weighted by Crippen LogP contribution is -2.56. The largest absolute Gasteiger partial charge is 0.496 e. The number of amides is 2. The first-order chi connectivity index (χ1) is 12.0. The summed E-state index contributed by atoms with van der Waals surface area (Å²) in [7, 11) is 1.52. The molecule has 1 aromatic carbocycles. The quantitative estimate of drug-likeness (QED) is 0.842. The summed E-state index contributed by atoms with van der Waals surface area (Å²) >= 11 is 6.05. The molecular formula is C18H25Cl2N3O3. The third kappa shape index (κ3) is 4.24. The highest BCUT2D eigenvalue weighted by Gasteiger charge is 2.38. The topological polar surface area (TPSA) is 61.9 Å². The maximum absolute atomic E-state index is 13.0. The fourth-order valence-corrected chi connectivity index (χ4v) is 3.78. The Morgan fingerprint density at radius 2 is 2.08 bits per heavy atom. The van der Waals surface area contributed by atoms with E-state index in [1.165, 1.54) is 7.11 Å². The van der Waals surface area contributed by atoms with E-state index in [1.54, 1.807) is 23.1 Å². The summed E-state index contributed by atoms with van der Waals surface area (Å²) in [5, 5.41) is 3.81. The first-order valence-corrected chi connectivity index (χ1v) is 9.05. The zero-order chi connectivity index (χ0) is 18.0. The molecule has 2 aliphatic rings. The molecule has 2 fully saturated rings. The Hall–Kier alpha value is -1.50. The van der Waals surface area contributed by atoms with Gasteiger partial charge in [-0.25, -0.2) is 0 Å². The Morgan fingerprint density at radius 1 is 1.31 bits per heavy atom. The first-order valence-electron chi connectivity index (χ1n) is 8.68. The van der Waals surface area contributed by atoms with Crippen molar-refractivity contribution in [2.75, 3.05) is 33.3 Å². The van der Waals surface area contributed by atoms with E-state index in [2.05, 4.69) is 12.2 Å². The number of nitrogens with zero attached hydrogens (tertiary/aromatic N) is 2. The van der Waals surface area contributed by atoms with Gasteiger partial charge in [0.15, 0.2) is 0 Å². The summed E-state index contributed by atoms with van der Waals surface area (Å²) in [4.78, 5) is 29.5. The maximum Gasteiger partial charge on any atom is 0.258 e. The molecule has 6 nitrogen and oxygen atoms in total. The smallest absolute Gasteiger partial charge is 0.258 e. The van der Waals surface area contributed by atoms with Crippen LogP contribution in [0.1, 0.15) is 30.1 Å². The molecule has 8 heteroatoms. The van der Waals surface area contributed by atoms with Crippen LogP contribution in [0.2, 0.25) is 5.02 Å². The number of carbonyl (C=O) groups is 2. The van der Waals surface area contributed by atoms with Gasteiger partial charge in [-0.3, -0.25) is 9.59 Å². The highest BCUT2D eigenvalue weighted by atomic mass is 35.5. The van der Waals surface area contributed by atoms with E-state index < -0.39 is 6.04 Å². The molecule has 0 bridgehead atoms. The van der Waals surface area contributed by atoms with Gasteiger partial charge in [-0.05, 0) is 38.0 Å². The number of carbonyl (C=O) groups excluding carboxylic acids is 2. The molecule has 0 radical (unpaired) electrons. The molecule has 0 aromatic heterocycles. The van der Waals surface area contributed by atoms with Crippen molar-refractivity contribution in [3.8, 4) is 5.75 Å². The van der Waals surface area contributed by atoms with Crippen LogP contribution >= 0.6 is 24.0 Å². The summed E-state index contributed by atoms with van der Waals surface area (Å²) < 4.78 is 5.30. The van der Waals surface area contributed by atoms with Crippen LogP contribution in [-0.2, 0) is 4.79 Å². The van der Waals surface area contributed by atoms with Crippen molar-refractivity contribution < 1.29 is 14.3 Å². The molecule has 0 saturated carbocycles. The van der Waals surface area contributed by atoms with Crippen LogP contribution in [0.25, 0.3) is 0 Å². The Morgan fingerprint density at radius 3 is 2.77 bits per heavy atom. The molecule has 3 rings (SSSR count). The molecule has 2 amide bonds. The van der Waals surface area contributed by atoms with Gasteiger partial charge in [0.05, 0.1) is 12.7 Å². The maximum atomic E-state index is 13.0. The normalized spacial score (nSPS) is 22.7. The fourth-order valence-electron chi connectivity index (χ4n) is 3.61. The van der Waals surface area contributed by atoms with Crippen molar-refractivity contribution in [3.05, 3.63) is 28.8 Å². The Balaban J connectivity index is 0.00000243. The zero-order valence-electron chi connectivity index (χ0n) is 15.0. The zero-order valence-corrected chi connectivity index (χ0v) is 16.6. The number of piperazine rings is 1. The third-order valence-corrected chi connectivity index (χ3v) is 5.11.